The van der Waals surface area contributed by atoms with E-state index < -0.39 is 0 Å². The molecular formula is C3H7N2. The van der Waals surface area contributed by atoms with E-state index in [2.05, 4.69) is 6.58 Å². The van der Waals surface area contributed by atoms with Gasteiger partial charge in [0, 0.05) is 12.2 Å². The van der Waals surface area contributed by atoms with E-state index in [4.69, 9.17) is 11.5 Å². The molecule has 0 spiro atoms. The molecule has 0 aliphatic rings. The Morgan fingerprint density at radius 3 is 2.20 bits per heavy atom. The van der Waals surface area contributed by atoms with Crippen molar-refractivity contribution in [3.63, 3.8) is 0 Å². The first kappa shape index (κ1) is 4.50. The first-order chi connectivity index (χ1) is 2.27. The molecule has 0 bridgehead atoms. The van der Waals surface area contributed by atoms with Crippen LogP contribution in [-0.4, -0.2) is 6.54 Å². The van der Waals surface area contributed by atoms with E-state index >= 15 is 0 Å². The summed E-state index contributed by atoms with van der Waals surface area (Å²) < 4.78 is 0. The summed E-state index contributed by atoms with van der Waals surface area (Å²) in [5.74, 6) is 0. The first-order valence-electron chi connectivity index (χ1n) is 1.35. The predicted octanol–water partition coefficient (Wildman–Crippen LogP) is -0.258. The molecule has 0 aliphatic carbocycles. The van der Waals surface area contributed by atoms with Gasteiger partial charge in [-0.1, -0.05) is 6.58 Å². The second-order valence-electron chi connectivity index (χ2n) is 0.835. The van der Waals surface area contributed by atoms with Gasteiger partial charge in [-0.2, -0.15) is 0 Å². The number of rotatable bonds is 1. The summed E-state index contributed by atoms with van der Waals surface area (Å²) in [6, 6.07) is 0. The molecule has 5 heavy (non-hydrogen) atoms. The van der Waals surface area contributed by atoms with Gasteiger partial charge < -0.3 is 5.73 Å². The lowest BCUT2D eigenvalue weighted by Crippen LogP contribution is -1.99. The molecule has 0 aromatic heterocycles. The average molecular weight is 71.1 g/mol. The molecule has 2 heteroatoms. The monoisotopic (exact) mass is 71.1 g/mol. The van der Waals surface area contributed by atoms with Crippen LogP contribution in [0.15, 0.2) is 12.3 Å². The van der Waals surface area contributed by atoms with Crippen molar-refractivity contribution in [2.24, 2.45) is 5.73 Å². The lowest BCUT2D eigenvalue weighted by molar-refractivity contribution is 1.08. The smallest absolute Gasteiger partial charge is 0.0490 e. The minimum absolute atomic E-state index is 0.139. The summed E-state index contributed by atoms with van der Waals surface area (Å²) in [5, 5.41) is 0. The van der Waals surface area contributed by atoms with Crippen molar-refractivity contribution in [1.82, 2.24) is 5.73 Å². The Hall–Kier alpha value is -0.500. The van der Waals surface area contributed by atoms with Gasteiger partial charge in [-0.3, -0.25) is 5.73 Å². The van der Waals surface area contributed by atoms with Gasteiger partial charge in [-0.25, -0.2) is 0 Å². The Bertz CT molecular complexity index is 40.2. The van der Waals surface area contributed by atoms with Crippen LogP contribution in [0.5, 0.6) is 0 Å². The molecule has 0 saturated heterocycles. The Morgan fingerprint density at radius 2 is 2.20 bits per heavy atom. The molecule has 29 valence electrons. The van der Waals surface area contributed by atoms with Crippen LogP contribution < -0.4 is 11.5 Å². The van der Waals surface area contributed by atoms with Gasteiger partial charge in [-0.05, 0) is 0 Å². The van der Waals surface area contributed by atoms with Crippen molar-refractivity contribution in [3.05, 3.63) is 12.3 Å². The SMILES string of the molecule is C=C(N)C[NH]. The number of nitrogens with one attached hydrogen (secondary N) is 1. The van der Waals surface area contributed by atoms with Gasteiger partial charge in [0.05, 0.1) is 0 Å². The predicted molar refractivity (Wildman–Crippen MR) is 21.3 cm³/mol. The van der Waals surface area contributed by atoms with Crippen molar-refractivity contribution in [2.45, 2.75) is 0 Å². The van der Waals surface area contributed by atoms with E-state index in [9.17, 15) is 0 Å². The highest BCUT2D eigenvalue weighted by Gasteiger charge is 1.68. The second-order valence-corrected chi connectivity index (χ2v) is 0.835. The molecule has 0 atom stereocenters. The largest absolute Gasteiger partial charge is 0.401 e. The van der Waals surface area contributed by atoms with Crippen molar-refractivity contribution in [1.29, 1.82) is 0 Å². The van der Waals surface area contributed by atoms with E-state index in [0.29, 0.717) is 5.70 Å². The van der Waals surface area contributed by atoms with Crippen LogP contribution in [0.2, 0.25) is 0 Å². The van der Waals surface area contributed by atoms with Crippen LogP contribution in [0.25, 0.3) is 0 Å². The third kappa shape index (κ3) is 3.50. The van der Waals surface area contributed by atoms with Crippen LogP contribution in [0, 0.1) is 0 Å². The highest BCUT2D eigenvalue weighted by Crippen LogP contribution is 1.62. The quantitative estimate of drug-likeness (QED) is 0.455. The van der Waals surface area contributed by atoms with Gasteiger partial charge in [0.2, 0.25) is 0 Å². The summed E-state index contributed by atoms with van der Waals surface area (Å²) in [7, 11) is 0. The van der Waals surface area contributed by atoms with E-state index in [-0.39, 0.29) is 6.54 Å². The molecule has 0 aromatic rings. The van der Waals surface area contributed by atoms with Crippen LogP contribution in [0.1, 0.15) is 0 Å². The lowest BCUT2D eigenvalue weighted by Gasteiger charge is -1.81. The Kier molecular flexibility index (Phi) is 1.61. The Morgan fingerprint density at radius 1 is 2.00 bits per heavy atom. The first-order valence-corrected chi connectivity index (χ1v) is 1.35. The molecule has 0 aliphatic heterocycles. The minimum Gasteiger partial charge on any atom is -0.401 e. The fourth-order valence-corrected chi connectivity index (χ4v) is 0. The van der Waals surface area contributed by atoms with Crippen molar-refractivity contribution in [2.75, 3.05) is 6.54 Å². The zero-order valence-corrected chi connectivity index (χ0v) is 2.99. The summed E-state index contributed by atoms with van der Waals surface area (Å²) in [4.78, 5) is 0. The molecule has 3 N–H and O–H groups in total. The summed E-state index contributed by atoms with van der Waals surface area (Å²) in [5.41, 5.74) is 11.8. The lowest BCUT2D eigenvalue weighted by atomic mass is 10.5. The molecule has 1 radical (unpaired) electrons. The van der Waals surface area contributed by atoms with E-state index in [1.165, 1.54) is 0 Å². The van der Waals surface area contributed by atoms with Crippen molar-refractivity contribution < 1.29 is 0 Å². The fourth-order valence-electron chi connectivity index (χ4n) is 0. The normalized spacial score (nSPS) is 7.40. The fraction of sp³-hybridized carbons (Fsp3) is 0.333. The van der Waals surface area contributed by atoms with Gasteiger partial charge in [0.15, 0.2) is 0 Å². The van der Waals surface area contributed by atoms with Crippen molar-refractivity contribution >= 4 is 0 Å². The minimum atomic E-state index is 0.139. The molecule has 0 heterocycles. The second kappa shape index (κ2) is 1.79. The van der Waals surface area contributed by atoms with Crippen LogP contribution in [0.4, 0.5) is 0 Å². The van der Waals surface area contributed by atoms with Gasteiger partial charge in [-0.15, -0.1) is 0 Å². The maximum absolute atomic E-state index is 6.43. The third-order valence-corrected chi connectivity index (χ3v) is 0.227. The molecular weight excluding hydrogens is 64.0 g/mol. The van der Waals surface area contributed by atoms with Crippen LogP contribution in [-0.2, 0) is 0 Å². The van der Waals surface area contributed by atoms with E-state index in [1.807, 2.05) is 0 Å². The van der Waals surface area contributed by atoms with Gasteiger partial charge in [0.1, 0.15) is 0 Å². The maximum Gasteiger partial charge on any atom is 0.0490 e. The van der Waals surface area contributed by atoms with Gasteiger partial charge >= 0.3 is 0 Å². The molecule has 0 unspecified atom stereocenters. The summed E-state index contributed by atoms with van der Waals surface area (Å²) >= 11 is 0. The molecule has 0 fully saturated rings. The standard InChI is InChI=1S/C3H7N2/c1-3(5)2-4/h4H,1-2,5H2. The van der Waals surface area contributed by atoms with Gasteiger partial charge in [0.25, 0.3) is 0 Å². The summed E-state index contributed by atoms with van der Waals surface area (Å²) in [6.45, 7) is 3.40. The van der Waals surface area contributed by atoms with Crippen LogP contribution in [0.3, 0.4) is 0 Å². The molecule has 0 amide bonds. The van der Waals surface area contributed by atoms with E-state index in [0.717, 1.165) is 0 Å². The zero-order valence-electron chi connectivity index (χ0n) is 2.99. The topological polar surface area (TPSA) is 49.8 Å². The molecule has 2 nitrogen and oxygen atoms in total. The van der Waals surface area contributed by atoms with Crippen molar-refractivity contribution in [3.8, 4) is 0 Å². The summed E-state index contributed by atoms with van der Waals surface area (Å²) in [6.07, 6.45) is 0. The highest BCUT2D eigenvalue weighted by atomic mass is 14.7. The molecule has 0 saturated carbocycles. The Balaban J connectivity index is 2.85. The van der Waals surface area contributed by atoms with Crippen LogP contribution >= 0.6 is 0 Å². The average Bonchev–Trinajstić information content (AvgIpc) is 1.38. The molecule has 0 rings (SSSR count). The molecule has 0 aromatic carbocycles. The number of hydrogen-bond acceptors (Lipinski definition) is 1. The zero-order chi connectivity index (χ0) is 4.28. The Labute approximate surface area is 31.5 Å². The number of nitrogens with two attached hydrogens (primary N) is 1. The highest BCUT2D eigenvalue weighted by molar-refractivity contribution is 4.85. The number of hydrogen-bond donors (Lipinski definition) is 1. The van der Waals surface area contributed by atoms with E-state index in [1.54, 1.807) is 0 Å². The third-order valence-electron chi connectivity index (χ3n) is 0.227. The maximum atomic E-state index is 6.43.